The number of aromatic nitrogens is 1. The van der Waals surface area contributed by atoms with Gasteiger partial charge < -0.3 is 9.47 Å². The molecule has 0 atom stereocenters. The smallest absolute Gasteiger partial charge is 0.341 e. The van der Waals surface area contributed by atoms with Gasteiger partial charge in [0.1, 0.15) is 17.9 Å². The Morgan fingerprint density at radius 3 is 2.57 bits per heavy atom. The van der Waals surface area contributed by atoms with Crippen LogP contribution in [0.25, 0.3) is 0 Å². The average molecular weight is 325 g/mol. The Bertz CT molecular complexity index is 764. The molecule has 0 aliphatic heterocycles. The summed E-state index contributed by atoms with van der Waals surface area (Å²) in [6.07, 6.45) is 0. The average Bonchev–Trinajstić information content (AvgIpc) is 2.49. The molecule has 0 fully saturated rings. The maximum atomic E-state index is 13.4. The van der Waals surface area contributed by atoms with Gasteiger partial charge in [0.2, 0.25) is 5.95 Å². The van der Waals surface area contributed by atoms with Crippen molar-refractivity contribution in [3.8, 4) is 5.75 Å². The number of halogens is 3. The van der Waals surface area contributed by atoms with Crippen molar-refractivity contribution in [2.75, 3.05) is 0 Å². The first-order valence-electron chi connectivity index (χ1n) is 6.33. The summed E-state index contributed by atoms with van der Waals surface area (Å²) in [7, 11) is 0. The standard InChI is InChI=1S/C15H10F3NO4/c1-8(20)23-11-5-3-2-4-9(11)7-22-15(21)10-6-12(16)19-14(18)13(10)17/h2-6H,7H2,1H3. The van der Waals surface area contributed by atoms with Crippen LogP contribution in [0, 0.1) is 17.7 Å². The Hall–Kier alpha value is -2.90. The van der Waals surface area contributed by atoms with Gasteiger partial charge in [-0.3, -0.25) is 4.79 Å². The highest BCUT2D eigenvalue weighted by Gasteiger charge is 2.20. The van der Waals surface area contributed by atoms with Gasteiger partial charge in [0, 0.05) is 18.6 Å². The van der Waals surface area contributed by atoms with Gasteiger partial charge in [-0.25, -0.2) is 9.18 Å². The Labute approximate surface area is 128 Å². The summed E-state index contributed by atoms with van der Waals surface area (Å²) >= 11 is 0. The number of rotatable bonds is 4. The highest BCUT2D eigenvalue weighted by Crippen LogP contribution is 2.20. The summed E-state index contributed by atoms with van der Waals surface area (Å²) in [6.45, 7) is 0.813. The second kappa shape index (κ2) is 6.91. The number of carbonyl (C=O) groups is 2. The topological polar surface area (TPSA) is 65.5 Å². The number of nitrogens with zero attached hydrogens (tertiary/aromatic N) is 1. The SMILES string of the molecule is CC(=O)Oc1ccccc1COC(=O)c1cc(F)nc(F)c1F. The molecule has 0 amide bonds. The van der Waals surface area contributed by atoms with E-state index in [2.05, 4.69) is 4.98 Å². The highest BCUT2D eigenvalue weighted by atomic mass is 19.2. The summed E-state index contributed by atoms with van der Waals surface area (Å²) < 4.78 is 49.1. The molecule has 2 rings (SSSR count). The Balaban J connectivity index is 2.16. The van der Waals surface area contributed by atoms with Crippen LogP contribution >= 0.6 is 0 Å². The van der Waals surface area contributed by atoms with Crippen LogP contribution in [0.3, 0.4) is 0 Å². The van der Waals surface area contributed by atoms with Crippen molar-refractivity contribution in [2.45, 2.75) is 13.5 Å². The molecule has 120 valence electrons. The molecule has 1 aromatic carbocycles. The second-order valence-electron chi connectivity index (χ2n) is 4.37. The fraction of sp³-hybridized carbons (Fsp3) is 0.133. The van der Waals surface area contributed by atoms with E-state index in [4.69, 9.17) is 9.47 Å². The van der Waals surface area contributed by atoms with Gasteiger partial charge in [0.25, 0.3) is 5.95 Å². The lowest BCUT2D eigenvalue weighted by atomic mass is 10.2. The van der Waals surface area contributed by atoms with E-state index in [1.165, 1.54) is 19.1 Å². The zero-order chi connectivity index (χ0) is 17.0. The quantitative estimate of drug-likeness (QED) is 0.491. The first kappa shape index (κ1) is 16.5. The van der Waals surface area contributed by atoms with Gasteiger partial charge in [0.05, 0.1) is 0 Å². The minimum absolute atomic E-state index is 0.153. The summed E-state index contributed by atoms with van der Waals surface area (Å²) in [4.78, 5) is 25.3. The van der Waals surface area contributed by atoms with Crippen LogP contribution in [-0.4, -0.2) is 16.9 Å². The summed E-state index contributed by atoms with van der Waals surface area (Å²) in [5, 5.41) is 0. The third-order valence-corrected chi connectivity index (χ3v) is 2.69. The van der Waals surface area contributed by atoms with Crippen LogP contribution < -0.4 is 4.74 Å². The van der Waals surface area contributed by atoms with Crippen LogP contribution in [0.5, 0.6) is 5.75 Å². The molecule has 0 radical (unpaired) electrons. The number of hydrogen-bond acceptors (Lipinski definition) is 5. The predicted octanol–water partition coefficient (Wildman–Crippen LogP) is 2.78. The molecule has 0 spiro atoms. The van der Waals surface area contributed by atoms with E-state index in [0.29, 0.717) is 11.6 Å². The van der Waals surface area contributed by atoms with Crippen LogP contribution in [0.1, 0.15) is 22.8 Å². The predicted molar refractivity (Wildman–Crippen MR) is 71.0 cm³/mol. The molecule has 0 saturated heterocycles. The van der Waals surface area contributed by atoms with Crippen molar-refractivity contribution < 1.29 is 32.2 Å². The van der Waals surface area contributed by atoms with E-state index in [1.54, 1.807) is 12.1 Å². The number of ether oxygens (including phenoxy) is 2. The number of hydrogen-bond donors (Lipinski definition) is 0. The minimum atomic E-state index is -1.74. The van der Waals surface area contributed by atoms with E-state index in [1.807, 2.05) is 0 Å². The number of benzene rings is 1. The molecule has 0 N–H and O–H groups in total. The molecule has 0 saturated carbocycles. The number of para-hydroxylation sites is 1. The molecule has 0 unspecified atom stereocenters. The summed E-state index contributed by atoms with van der Waals surface area (Å²) in [5.74, 6) is -6.40. The zero-order valence-corrected chi connectivity index (χ0v) is 11.8. The molecule has 5 nitrogen and oxygen atoms in total. The molecule has 2 aromatic rings. The van der Waals surface area contributed by atoms with E-state index >= 15 is 0 Å². The normalized spacial score (nSPS) is 10.3. The first-order valence-corrected chi connectivity index (χ1v) is 6.33. The largest absolute Gasteiger partial charge is 0.457 e. The van der Waals surface area contributed by atoms with Crippen LogP contribution in [0.4, 0.5) is 13.2 Å². The van der Waals surface area contributed by atoms with E-state index in [0.717, 1.165) is 0 Å². The highest BCUT2D eigenvalue weighted by molar-refractivity contribution is 5.89. The molecular weight excluding hydrogens is 315 g/mol. The molecule has 0 bridgehead atoms. The minimum Gasteiger partial charge on any atom is -0.457 e. The Morgan fingerprint density at radius 1 is 1.17 bits per heavy atom. The number of esters is 2. The van der Waals surface area contributed by atoms with E-state index < -0.39 is 35.2 Å². The number of pyridine rings is 1. The summed E-state index contributed by atoms with van der Waals surface area (Å²) in [6, 6.07) is 6.60. The van der Waals surface area contributed by atoms with Crippen molar-refractivity contribution in [1.82, 2.24) is 4.98 Å². The van der Waals surface area contributed by atoms with E-state index in [-0.39, 0.29) is 12.4 Å². The van der Waals surface area contributed by atoms with Gasteiger partial charge >= 0.3 is 11.9 Å². The van der Waals surface area contributed by atoms with Crippen molar-refractivity contribution in [2.24, 2.45) is 0 Å². The maximum Gasteiger partial charge on any atom is 0.341 e. The Morgan fingerprint density at radius 2 is 1.87 bits per heavy atom. The molecule has 1 heterocycles. The van der Waals surface area contributed by atoms with Crippen molar-refractivity contribution >= 4 is 11.9 Å². The fourth-order valence-corrected chi connectivity index (χ4v) is 1.72. The van der Waals surface area contributed by atoms with Gasteiger partial charge in [-0.1, -0.05) is 18.2 Å². The maximum absolute atomic E-state index is 13.4. The monoisotopic (exact) mass is 325 g/mol. The third kappa shape index (κ3) is 4.06. The molecular formula is C15H10F3NO4. The lowest BCUT2D eigenvalue weighted by Gasteiger charge is -2.10. The second-order valence-corrected chi connectivity index (χ2v) is 4.37. The van der Waals surface area contributed by atoms with Crippen LogP contribution in [0.15, 0.2) is 30.3 Å². The van der Waals surface area contributed by atoms with Crippen molar-refractivity contribution in [3.63, 3.8) is 0 Å². The Kier molecular flexibility index (Phi) is 4.95. The van der Waals surface area contributed by atoms with Gasteiger partial charge in [-0.2, -0.15) is 13.8 Å². The van der Waals surface area contributed by atoms with Crippen LogP contribution in [-0.2, 0) is 16.1 Å². The van der Waals surface area contributed by atoms with Gasteiger partial charge in [0.15, 0.2) is 5.82 Å². The van der Waals surface area contributed by atoms with Gasteiger partial charge in [-0.15, -0.1) is 0 Å². The molecule has 8 heteroatoms. The molecule has 23 heavy (non-hydrogen) atoms. The first-order chi connectivity index (χ1) is 10.9. The van der Waals surface area contributed by atoms with E-state index in [9.17, 15) is 22.8 Å². The van der Waals surface area contributed by atoms with Crippen molar-refractivity contribution in [1.29, 1.82) is 0 Å². The lowest BCUT2D eigenvalue weighted by molar-refractivity contribution is -0.131. The van der Waals surface area contributed by atoms with Crippen LogP contribution in [0.2, 0.25) is 0 Å². The third-order valence-electron chi connectivity index (χ3n) is 2.69. The van der Waals surface area contributed by atoms with Gasteiger partial charge in [-0.05, 0) is 6.07 Å². The fourth-order valence-electron chi connectivity index (χ4n) is 1.72. The molecule has 0 aliphatic rings. The summed E-state index contributed by atoms with van der Waals surface area (Å²) in [5.41, 5.74) is -0.591. The van der Waals surface area contributed by atoms with Crippen molar-refractivity contribution in [3.05, 3.63) is 59.2 Å². The zero-order valence-electron chi connectivity index (χ0n) is 11.8. The molecule has 1 aromatic heterocycles. The number of carbonyl (C=O) groups excluding carboxylic acids is 2. The lowest BCUT2D eigenvalue weighted by Crippen LogP contribution is -2.12. The molecule has 0 aliphatic carbocycles.